The molecule has 6 heteroatoms. The van der Waals surface area contributed by atoms with Gasteiger partial charge in [0.2, 0.25) is 0 Å². The molecule has 1 aliphatic rings. The minimum atomic E-state index is -0.299. The Bertz CT molecular complexity index is 784. The summed E-state index contributed by atoms with van der Waals surface area (Å²) in [5, 5.41) is 3.37. The molecule has 1 fully saturated rings. The number of carbonyl (C=O) groups is 1. The van der Waals surface area contributed by atoms with E-state index in [-0.39, 0.29) is 17.5 Å². The number of amides is 1. The molecule has 136 valence electrons. The van der Waals surface area contributed by atoms with Gasteiger partial charge in [-0.3, -0.25) is 9.59 Å². The molecule has 0 radical (unpaired) electrons. The van der Waals surface area contributed by atoms with Crippen molar-refractivity contribution in [1.29, 1.82) is 0 Å². The monoisotopic (exact) mass is 346 g/mol. The summed E-state index contributed by atoms with van der Waals surface area (Å²) in [5.41, 5.74) is 1.29. The number of pyridine rings is 1. The Balaban J connectivity index is 1.61. The van der Waals surface area contributed by atoms with Gasteiger partial charge >= 0.3 is 0 Å². The molecule has 0 spiro atoms. The number of hydrogen-bond donors (Lipinski definition) is 2. The number of ether oxygens (including phenoxy) is 1. The summed E-state index contributed by atoms with van der Waals surface area (Å²) >= 11 is 0. The molecule has 1 aliphatic carbocycles. The predicted octanol–water partition coefficient (Wildman–Crippen LogP) is 3.29. The lowest BCUT2D eigenvalue weighted by atomic mass is 9.92. The lowest BCUT2D eigenvalue weighted by molar-refractivity contribution is 0.0209. The van der Waals surface area contributed by atoms with Crippen molar-refractivity contribution in [1.82, 2.24) is 10.3 Å². The van der Waals surface area contributed by atoms with Gasteiger partial charge in [-0.25, -0.2) is 0 Å². The third-order valence-corrected chi connectivity index (χ3v) is 4.90. The molecular formula is C19H26N2O4. The second-order valence-corrected chi connectivity index (χ2v) is 6.83. The Morgan fingerprint density at radius 1 is 1.36 bits per heavy atom. The fraction of sp³-hybridized carbons (Fsp3) is 0.579. The summed E-state index contributed by atoms with van der Waals surface area (Å²) in [6.45, 7) is 4.81. The number of aryl methyl sites for hydroxylation is 1. The van der Waals surface area contributed by atoms with Gasteiger partial charge < -0.3 is 19.5 Å². The van der Waals surface area contributed by atoms with Crippen LogP contribution >= 0.6 is 0 Å². The van der Waals surface area contributed by atoms with Crippen LogP contribution in [0.2, 0.25) is 0 Å². The molecular weight excluding hydrogens is 320 g/mol. The number of unbranched alkanes of at least 4 members (excludes halogenated alkanes) is 1. The van der Waals surface area contributed by atoms with Crippen LogP contribution in [0.5, 0.6) is 0 Å². The summed E-state index contributed by atoms with van der Waals surface area (Å²) in [7, 11) is 0. The van der Waals surface area contributed by atoms with E-state index in [4.69, 9.17) is 9.15 Å². The highest BCUT2D eigenvalue weighted by molar-refractivity contribution is 6.06. The zero-order valence-corrected chi connectivity index (χ0v) is 14.9. The summed E-state index contributed by atoms with van der Waals surface area (Å²) < 4.78 is 11.3. The molecule has 3 rings (SSSR count). The molecule has 0 unspecified atom stereocenters. The van der Waals surface area contributed by atoms with E-state index >= 15 is 0 Å². The van der Waals surface area contributed by atoms with Gasteiger partial charge in [0.05, 0.1) is 17.1 Å². The van der Waals surface area contributed by atoms with Crippen molar-refractivity contribution < 1.29 is 13.9 Å². The SMILES string of the molecule is CCCCO[C@H]1CC[C@H](NC(=O)c2coc3c(C)c[nH]c(=O)c23)CC1. The lowest BCUT2D eigenvalue weighted by Gasteiger charge is -2.29. The van der Waals surface area contributed by atoms with Crippen LogP contribution in [0.1, 0.15) is 61.4 Å². The number of furan rings is 1. The third-order valence-electron chi connectivity index (χ3n) is 4.90. The molecule has 2 heterocycles. The molecule has 0 atom stereocenters. The van der Waals surface area contributed by atoms with Crippen molar-refractivity contribution in [2.45, 2.75) is 64.5 Å². The highest BCUT2D eigenvalue weighted by Crippen LogP contribution is 2.24. The number of aromatic nitrogens is 1. The first-order chi connectivity index (χ1) is 12.1. The number of aromatic amines is 1. The number of hydrogen-bond acceptors (Lipinski definition) is 4. The van der Waals surface area contributed by atoms with Crippen LogP contribution in [0.15, 0.2) is 21.7 Å². The minimum Gasteiger partial charge on any atom is -0.463 e. The van der Waals surface area contributed by atoms with Crippen molar-refractivity contribution >= 4 is 16.9 Å². The molecule has 25 heavy (non-hydrogen) atoms. The molecule has 2 aromatic rings. The van der Waals surface area contributed by atoms with Crippen LogP contribution in [0.25, 0.3) is 11.0 Å². The molecule has 2 aromatic heterocycles. The van der Waals surface area contributed by atoms with E-state index < -0.39 is 0 Å². The molecule has 6 nitrogen and oxygen atoms in total. The topological polar surface area (TPSA) is 84.3 Å². The maximum atomic E-state index is 12.6. The Kier molecular flexibility index (Phi) is 5.58. The number of nitrogens with one attached hydrogen (secondary N) is 2. The fourth-order valence-electron chi connectivity index (χ4n) is 3.38. The smallest absolute Gasteiger partial charge is 0.259 e. The average molecular weight is 346 g/mol. The fourth-order valence-corrected chi connectivity index (χ4v) is 3.38. The van der Waals surface area contributed by atoms with Crippen molar-refractivity contribution in [3.8, 4) is 0 Å². The number of fused-ring (bicyclic) bond motifs is 1. The zero-order valence-electron chi connectivity index (χ0n) is 14.9. The van der Waals surface area contributed by atoms with E-state index in [2.05, 4.69) is 17.2 Å². The van der Waals surface area contributed by atoms with Gasteiger partial charge in [-0.15, -0.1) is 0 Å². The van der Waals surface area contributed by atoms with Gasteiger partial charge in [0.1, 0.15) is 11.8 Å². The van der Waals surface area contributed by atoms with E-state index in [9.17, 15) is 9.59 Å². The summed E-state index contributed by atoms with van der Waals surface area (Å²) in [6.07, 6.45) is 9.22. The van der Waals surface area contributed by atoms with Crippen LogP contribution in [0, 0.1) is 6.92 Å². The molecule has 1 saturated carbocycles. The maximum absolute atomic E-state index is 12.6. The first kappa shape index (κ1) is 17.7. The van der Waals surface area contributed by atoms with Crippen molar-refractivity contribution in [2.75, 3.05) is 6.61 Å². The number of rotatable bonds is 6. The average Bonchev–Trinajstić information content (AvgIpc) is 3.06. The number of carbonyl (C=O) groups excluding carboxylic acids is 1. The molecule has 0 bridgehead atoms. The summed E-state index contributed by atoms with van der Waals surface area (Å²) in [6, 6.07) is 0.118. The highest BCUT2D eigenvalue weighted by Gasteiger charge is 2.25. The first-order valence-electron chi connectivity index (χ1n) is 9.12. The molecule has 0 aromatic carbocycles. The Morgan fingerprint density at radius 3 is 2.84 bits per heavy atom. The van der Waals surface area contributed by atoms with Crippen molar-refractivity contribution in [2.24, 2.45) is 0 Å². The molecule has 2 N–H and O–H groups in total. The quantitative estimate of drug-likeness (QED) is 0.786. The van der Waals surface area contributed by atoms with Gasteiger partial charge in [-0.05, 0) is 39.0 Å². The molecule has 1 amide bonds. The highest BCUT2D eigenvalue weighted by atomic mass is 16.5. The van der Waals surface area contributed by atoms with Gasteiger partial charge in [-0.1, -0.05) is 13.3 Å². The third kappa shape index (κ3) is 3.95. The van der Waals surface area contributed by atoms with Crippen molar-refractivity contribution in [3.05, 3.63) is 33.9 Å². The molecule has 0 saturated heterocycles. The maximum Gasteiger partial charge on any atom is 0.259 e. The van der Waals surface area contributed by atoms with Crippen LogP contribution in [0.4, 0.5) is 0 Å². The molecule has 0 aliphatic heterocycles. The van der Waals surface area contributed by atoms with Crippen LogP contribution in [0.3, 0.4) is 0 Å². The standard InChI is InChI=1S/C19H26N2O4/c1-3-4-9-24-14-7-5-13(6-8-14)21-18(22)15-11-25-17-12(2)10-20-19(23)16(15)17/h10-11,13-14H,3-9H2,1-2H3,(H,20,23)(H,21,22)/t13-,14-. The zero-order chi connectivity index (χ0) is 17.8. The van der Waals surface area contributed by atoms with Gasteiger partial charge in [0.25, 0.3) is 11.5 Å². The first-order valence-corrected chi connectivity index (χ1v) is 9.12. The second kappa shape index (κ2) is 7.87. The second-order valence-electron chi connectivity index (χ2n) is 6.83. The van der Waals surface area contributed by atoms with E-state index in [1.165, 1.54) is 6.26 Å². The van der Waals surface area contributed by atoms with E-state index in [0.717, 1.165) is 50.7 Å². The Morgan fingerprint density at radius 2 is 2.12 bits per heavy atom. The Labute approximate surface area is 146 Å². The van der Waals surface area contributed by atoms with E-state index in [0.29, 0.717) is 22.6 Å². The van der Waals surface area contributed by atoms with Crippen LogP contribution in [-0.2, 0) is 4.74 Å². The van der Waals surface area contributed by atoms with E-state index in [1.807, 2.05) is 6.92 Å². The summed E-state index contributed by atoms with van der Waals surface area (Å²) in [5.74, 6) is -0.245. The summed E-state index contributed by atoms with van der Waals surface area (Å²) in [4.78, 5) is 27.3. The largest absolute Gasteiger partial charge is 0.463 e. The van der Waals surface area contributed by atoms with Crippen LogP contribution in [-0.4, -0.2) is 29.6 Å². The number of H-pyrrole nitrogens is 1. The van der Waals surface area contributed by atoms with Crippen LogP contribution < -0.4 is 10.9 Å². The van der Waals surface area contributed by atoms with Gasteiger partial charge in [-0.2, -0.15) is 0 Å². The van der Waals surface area contributed by atoms with E-state index in [1.54, 1.807) is 6.20 Å². The Hall–Kier alpha value is -2.08. The minimum absolute atomic E-state index is 0.118. The normalized spacial score (nSPS) is 20.7. The van der Waals surface area contributed by atoms with Crippen molar-refractivity contribution in [3.63, 3.8) is 0 Å². The van der Waals surface area contributed by atoms with Gasteiger partial charge in [0, 0.05) is 24.4 Å². The predicted molar refractivity (Wildman–Crippen MR) is 95.9 cm³/mol. The lowest BCUT2D eigenvalue weighted by Crippen LogP contribution is -2.39. The van der Waals surface area contributed by atoms with Gasteiger partial charge in [0.15, 0.2) is 0 Å².